The van der Waals surface area contributed by atoms with Gasteiger partial charge < -0.3 is 0 Å². The van der Waals surface area contributed by atoms with E-state index in [2.05, 4.69) is 5.18 Å². The van der Waals surface area contributed by atoms with Gasteiger partial charge in [0.25, 0.3) is 0 Å². The summed E-state index contributed by atoms with van der Waals surface area (Å²) in [4.78, 5) is 9.73. The highest BCUT2D eigenvalue weighted by Crippen LogP contribution is 2.16. The molecule has 0 atom stereocenters. The highest BCUT2D eigenvalue weighted by Gasteiger charge is 2.01. The number of hydrogen-bond donors (Lipinski definition) is 0. The second kappa shape index (κ2) is 2.51. The lowest BCUT2D eigenvalue weighted by Crippen LogP contribution is -1.77. The summed E-state index contributed by atoms with van der Waals surface area (Å²) in [7, 11) is 0. The van der Waals surface area contributed by atoms with E-state index in [0.29, 0.717) is 6.07 Å². The van der Waals surface area contributed by atoms with E-state index in [4.69, 9.17) is 0 Å². The van der Waals surface area contributed by atoms with Gasteiger partial charge in [-0.15, -0.1) is 4.91 Å². The molecule has 0 aliphatic carbocycles. The molecule has 0 saturated carbocycles. The maximum Gasteiger partial charge on any atom is 0.155 e. The lowest BCUT2D eigenvalue weighted by Gasteiger charge is -1.90. The van der Waals surface area contributed by atoms with Crippen LogP contribution in [0.15, 0.2) is 23.4 Å². The van der Waals surface area contributed by atoms with Crippen LogP contribution >= 0.6 is 0 Å². The zero-order valence-electron chi connectivity index (χ0n) is 4.84. The van der Waals surface area contributed by atoms with E-state index in [0.717, 1.165) is 12.1 Å². The van der Waals surface area contributed by atoms with Crippen LogP contribution in [0.2, 0.25) is 0 Å². The summed E-state index contributed by atoms with van der Waals surface area (Å²) in [5.74, 6) is -1.65. The topological polar surface area (TPSA) is 29.4 Å². The van der Waals surface area contributed by atoms with Crippen molar-refractivity contribution in [2.45, 2.75) is 0 Å². The summed E-state index contributed by atoms with van der Waals surface area (Å²) >= 11 is 0. The molecular weight excluding hydrogens is 140 g/mol. The van der Waals surface area contributed by atoms with Gasteiger partial charge in [-0.05, 0) is 17.3 Å². The second-order valence-electron chi connectivity index (χ2n) is 1.69. The third-order valence-electron chi connectivity index (χ3n) is 1.01. The van der Waals surface area contributed by atoms with Crippen molar-refractivity contribution >= 4 is 5.69 Å². The van der Waals surface area contributed by atoms with Crippen LogP contribution in [0, 0.1) is 16.5 Å². The first-order valence-corrected chi connectivity index (χ1v) is 2.52. The number of halogens is 2. The Balaban J connectivity index is 3.19. The van der Waals surface area contributed by atoms with Gasteiger partial charge in [-0.1, -0.05) is 0 Å². The SMILES string of the molecule is O=Nc1ccc(F)cc1F. The van der Waals surface area contributed by atoms with E-state index in [-0.39, 0.29) is 5.69 Å². The molecule has 0 aliphatic rings. The lowest BCUT2D eigenvalue weighted by atomic mass is 10.3. The van der Waals surface area contributed by atoms with Gasteiger partial charge in [-0.2, -0.15) is 0 Å². The van der Waals surface area contributed by atoms with Gasteiger partial charge in [0, 0.05) is 6.07 Å². The Labute approximate surface area is 55.5 Å². The molecule has 0 aromatic heterocycles. The van der Waals surface area contributed by atoms with Gasteiger partial charge in [0.15, 0.2) is 5.82 Å². The molecule has 0 aliphatic heterocycles. The Bertz CT molecular complexity index is 262. The predicted molar refractivity (Wildman–Crippen MR) is 31.8 cm³/mol. The molecule has 52 valence electrons. The third kappa shape index (κ3) is 1.15. The largest absolute Gasteiger partial charge is 0.207 e. The third-order valence-corrected chi connectivity index (χ3v) is 1.01. The minimum atomic E-state index is -0.935. The molecule has 0 spiro atoms. The maximum absolute atomic E-state index is 12.3. The summed E-state index contributed by atoms with van der Waals surface area (Å²) in [6.45, 7) is 0. The van der Waals surface area contributed by atoms with Crippen LogP contribution in [0.3, 0.4) is 0 Å². The molecule has 0 radical (unpaired) electrons. The maximum atomic E-state index is 12.3. The van der Waals surface area contributed by atoms with Crippen molar-refractivity contribution in [3.05, 3.63) is 34.7 Å². The van der Waals surface area contributed by atoms with Crippen molar-refractivity contribution in [2.75, 3.05) is 0 Å². The molecule has 0 N–H and O–H groups in total. The van der Waals surface area contributed by atoms with Crippen LogP contribution in [-0.4, -0.2) is 0 Å². The van der Waals surface area contributed by atoms with Crippen LogP contribution in [0.1, 0.15) is 0 Å². The van der Waals surface area contributed by atoms with E-state index in [1.807, 2.05) is 0 Å². The van der Waals surface area contributed by atoms with E-state index in [9.17, 15) is 13.7 Å². The molecule has 1 rings (SSSR count). The molecule has 0 amide bonds. The molecule has 1 aromatic carbocycles. The fourth-order valence-corrected chi connectivity index (χ4v) is 0.555. The number of hydrogen-bond acceptors (Lipinski definition) is 2. The van der Waals surface area contributed by atoms with Crippen LogP contribution in [0.4, 0.5) is 14.5 Å². The average molecular weight is 143 g/mol. The van der Waals surface area contributed by atoms with Gasteiger partial charge in [0.2, 0.25) is 0 Å². The van der Waals surface area contributed by atoms with Crippen molar-refractivity contribution in [2.24, 2.45) is 5.18 Å². The molecule has 0 fully saturated rings. The van der Waals surface area contributed by atoms with E-state index in [1.165, 1.54) is 0 Å². The van der Waals surface area contributed by atoms with Gasteiger partial charge in [0.05, 0.1) is 0 Å². The highest BCUT2D eigenvalue weighted by atomic mass is 19.1. The monoisotopic (exact) mass is 143 g/mol. The molecule has 0 heterocycles. The fourth-order valence-electron chi connectivity index (χ4n) is 0.555. The second-order valence-corrected chi connectivity index (χ2v) is 1.69. The minimum Gasteiger partial charge on any atom is -0.207 e. The molecular formula is C6H3F2NO. The van der Waals surface area contributed by atoms with Gasteiger partial charge in [-0.3, -0.25) is 0 Å². The molecule has 0 unspecified atom stereocenters. The number of nitroso groups, excluding NO2 is 1. The minimum absolute atomic E-state index is 0.374. The van der Waals surface area contributed by atoms with E-state index < -0.39 is 11.6 Å². The molecule has 4 heteroatoms. The van der Waals surface area contributed by atoms with Crippen molar-refractivity contribution in [3.63, 3.8) is 0 Å². The molecule has 2 nitrogen and oxygen atoms in total. The Kier molecular flexibility index (Phi) is 1.71. The molecule has 0 bridgehead atoms. The van der Waals surface area contributed by atoms with Crippen molar-refractivity contribution in [1.29, 1.82) is 0 Å². The van der Waals surface area contributed by atoms with Gasteiger partial charge in [0.1, 0.15) is 11.5 Å². The summed E-state index contributed by atoms with van der Waals surface area (Å²) in [5, 5.41) is 2.32. The molecule has 1 aromatic rings. The molecule has 0 saturated heterocycles. The van der Waals surface area contributed by atoms with Crippen LogP contribution in [-0.2, 0) is 0 Å². The standard InChI is InChI=1S/C6H3F2NO/c7-4-1-2-6(9-10)5(8)3-4/h1-3H. The highest BCUT2D eigenvalue weighted by molar-refractivity contribution is 5.37. The predicted octanol–water partition coefficient (Wildman–Crippen LogP) is 2.36. The zero-order valence-corrected chi connectivity index (χ0v) is 4.84. The van der Waals surface area contributed by atoms with Crippen LogP contribution < -0.4 is 0 Å². The average Bonchev–Trinajstić information content (AvgIpc) is 1.88. The molecule has 10 heavy (non-hydrogen) atoms. The normalized spacial score (nSPS) is 9.40. The van der Waals surface area contributed by atoms with Crippen LogP contribution in [0.25, 0.3) is 0 Å². The van der Waals surface area contributed by atoms with Crippen LogP contribution in [0.5, 0.6) is 0 Å². The first-order valence-electron chi connectivity index (χ1n) is 2.52. The van der Waals surface area contributed by atoms with E-state index in [1.54, 1.807) is 0 Å². The van der Waals surface area contributed by atoms with Gasteiger partial charge >= 0.3 is 0 Å². The number of rotatable bonds is 1. The number of nitrogens with zero attached hydrogens (tertiary/aromatic N) is 1. The first kappa shape index (κ1) is 6.80. The Morgan fingerprint density at radius 3 is 2.50 bits per heavy atom. The Morgan fingerprint density at radius 2 is 2.00 bits per heavy atom. The number of benzene rings is 1. The lowest BCUT2D eigenvalue weighted by molar-refractivity contribution is 0.584. The van der Waals surface area contributed by atoms with Crippen molar-refractivity contribution < 1.29 is 8.78 Å². The summed E-state index contributed by atoms with van der Waals surface area (Å²) < 4.78 is 24.4. The van der Waals surface area contributed by atoms with E-state index >= 15 is 0 Å². The summed E-state index contributed by atoms with van der Waals surface area (Å²) in [6.07, 6.45) is 0. The smallest absolute Gasteiger partial charge is 0.155 e. The quantitative estimate of drug-likeness (QED) is 0.555. The van der Waals surface area contributed by atoms with Gasteiger partial charge in [-0.25, -0.2) is 8.78 Å². The summed E-state index contributed by atoms with van der Waals surface area (Å²) in [5.41, 5.74) is -0.374. The zero-order chi connectivity index (χ0) is 7.56. The fraction of sp³-hybridized carbons (Fsp3) is 0. The first-order chi connectivity index (χ1) is 4.74. The summed E-state index contributed by atoms with van der Waals surface area (Å²) in [6, 6.07) is 2.56. The Morgan fingerprint density at radius 1 is 1.30 bits per heavy atom. The van der Waals surface area contributed by atoms with Crippen molar-refractivity contribution in [1.82, 2.24) is 0 Å². The Hall–Kier alpha value is -1.32. The van der Waals surface area contributed by atoms with Crippen molar-refractivity contribution in [3.8, 4) is 0 Å².